The average Bonchev–Trinajstić information content (AvgIpc) is 1.61. The number of carbonyl (C=O) groups is 1. The summed E-state index contributed by atoms with van der Waals surface area (Å²) in [5.41, 5.74) is 0. The summed E-state index contributed by atoms with van der Waals surface area (Å²) in [4.78, 5) is 24.3. The van der Waals surface area contributed by atoms with Crippen LogP contribution in [0.5, 0.6) is 0 Å². The Morgan fingerprint density at radius 3 is 2.50 bits per heavy atom. The Morgan fingerprint density at radius 2 is 2.33 bits per heavy atom. The van der Waals surface area contributed by atoms with Gasteiger partial charge in [0.25, 0.3) is 0 Å². The second kappa shape index (κ2) is 3.87. The molecule has 0 aromatic carbocycles. The number of nitrogens with zero attached hydrogens (tertiary/aromatic N) is 1. The van der Waals surface area contributed by atoms with E-state index < -0.39 is 0 Å². The zero-order chi connectivity index (χ0) is 4.83. The zero-order valence-corrected chi connectivity index (χ0v) is 2.66. The Morgan fingerprint density at radius 1 is 1.67 bits per heavy atom. The van der Waals surface area contributed by atoms with Crippen LogP contribution in [0.4, 0.5) is 0 Å². The van der Waals surface area contributed by atoms with Gasteiger partial charge in [-0.2, -0.15) is 0 Å². The molecule has 0 aliphatic carbocycles. The topological polar surface area (TPSA) is 65.0 Å². The molecule has 0 bridgehead atoms. The molecule has 0 aliphatic heterocycles. The van der Waals surface area contributed by atoms with Gasteiger partial charge in [0.15, 0.2) is 0 Å². The van der Waals surface area contributed by atoms with Crippen LogP contribution in [-0.4, -0.2) is 6.47 Å². The van der Waals surface area contributed by atoms with E-state index in [9.17, 15) is 0 Å². The van der Waals surface area contributed by atoms with Gasteiger partial charge in [-0.1, -0.05) is 0 Å². The highest BCUT2D eigenvalue weighted by Crippen LogP contribution is 1.67. The molecule has 6 heavy (non-hydrogen) atoms. The summed E-state index contributed by atoms with van der Waals surface area (Å²) in [5.74, 6) is 0. The summed E-state index contributed by atoms with van der Waals surface area (Å²) in [5, 5.41) is 1.72. The van der Waals surface area contributed by atoms with Crippen molar-refractivity contribution in [1.29, 1.82) is 0 Å². The maximum absolute atomic E-state index is 9.02. The lowest BCUT2D eigenvalue weighted by Crippen LogP contribution is -1.79. The molecule has 0 atom stereocenters. The predicted molar refractivity (Wildman–Crippen MR) is 14.0 cm³/mol. The molecule has 0 N–H and O–H groups in total. The molecule has 34 valence electrons. The first-order valence-electron chi connectivity index (χ1n) is 1.00. The highest BCUT2D eigenvalue weighted by atomic mass is 17.3. The highest BCUT2D eigenvalue weighted by molar-refractivity contribution is 5.35. The van der Waals surface area contributed by atoms with E-state index >= 15 is 0 Å². The maximum Gasteiger partial charge on any atom is 0.346 e. The Kier molecular flexibility index (Phi) is 3.14. The van der Waals surface area contributed by atoms with E-state index in [4.69, 9.17) is 9.70 Å². The van der Waals surface area contributed by atoms with Crippen molar-refractivity contribution in [2.75, 3.05) is 0 Å². The molecule has 5 heteroatoms. The smallest absolute Gasteiger partial charge is 0.251 e. The number of carbonyl (C=O) groups excluding carboxylic acids is 1. The lowest BCUT2D eigenvalue weighted by molar-refractivity contribution is -0.261. The van der Waals surface area contributed by atoms with Gasteiger partial charge in [0.05, 0.1) is 0 Å². The molecule has 0 saturated carbocycles. The van der Waals surface area contributed by atoms with E-state index in [1.807, 2.05) is 0 Å². The van der Waals surface area contributed by atoms with Gasteiger partial charge in [0.2, 0.25) is 5.34 Å². The van der Waals surface area contributed by atoms with Gasteiger partial charge in [-0.15, -0.1) is 9.90 Å². The number of rotatable bonds is 3. The normalized spacial score (nSPS) is 6.00. The van der Waals surface area contributed by atoms with Crippen LogP contribution in [0.15, 0.2) is 5.34 Å². The first-order valence-corrected chi connectivity index (χ1v) is 1.00. The van der Waals surface area contributed by atoms with Crippen LogP contribution in [0.3, 0.4) is 0 Å². The third-order valence-corrected chi connectivity index (χ3v) is 0.113. The molecule has 5 nitrogen and oxygen atoms in total. The zero-order valence-electron chi connectivity index (χ0n) is 2.66. The van der Waals surface area contributed by atoms with Crippen LogP contribution in [0.2, 0.25) is 0 Å². The fraction of sp³-hybridized carbons (Fsp3) is 0. The lowest BCUT2D eigenvalue weighted by atomic mass is 11.7. The molecule has 0 unspecified atom stereocenters. The van der Waals surface area contributed by atoms with Crippen molar-refractivity contribution < 1.29 is 14.7 Å². The van der Waals surface area contributed by atoms with Crippen LogP contribution in [-0.2, 0) is 14.7 Å². The van der Waals surface area contributed by atoms with E-state index in [1.165, 1.54) is 0 Å². The fourth-order valence-corrected chi connectivity index (χ4v) is 0.0351. The standard InChI is InChI=1S/CHNO4/c3-1-5-6-2-4/h1H. The summed E-state index contributed by atoms with van der Waals surface area (Å²) < 4.78 is 0. The molecule has 0 radical (unpaired) electrons. The van der Waals surface area contributed by atoms with Gasteiger partial charge in [0.1, 0.15) is 0 Å². The molecule has 0 aliphatic rings. The fourth-order valence-electron chi connectivity index (χ4n) is 0.0351. The second-order valence-electron chi connectivity index (χ2n) is 0.342. The van der Waals surface area contributed by atoms with Crippen LogP contribution in [0.1, 0.15) is 0 Å². The minimum atomic E-state index is -0.0542. The Hall–Kier alpha value is -1.13. The number of hydrogen-bond donors (Lipinski definition) is 0. The average molecular weight is 91.0 g/mol. The summed E-state index contributed by atoms with van der Waals surface area (Å²) in [6, 6.07) is 0. The minimum absolute atomic E-state index is 0.0542. The van der Waals surface area contributed by atoms with Crippen molar-refractivity contribution in [2.45, 2.75) is 0 Å². The monoisotopic (exact) mass is 91.0 g/mol. The van der Waals surface area contributed by atoms with E-state index in [0.29, 0.717) is 0 Å². The summed E-state index contributed by atoms with van der Waals surface area (Å²) >= 11 is 0. The quantitative estimate of drug-likeness (QED) is 0.158. The molecule has 0 aromatic heterocycles. The number of hydrogen-bond acceptors (Lipinski definition) is 5. The van der Waals surface area contributed by atoms with Crippen molar-refractivity contribution in [3.8, 4) is 0 Å². The molecule has 0 rings (SSSR count). The lowest BCUT2D eigenvalue weighted by Gasteiger charge is -1.76. The summed E-state index contributed by atoms with van der Waals surface area (Å²) in [7, 11) is 0. The molecule has 0 saturated heterocycles. The molecule has 0 fully saturated rings. The maximum atomic E-state index is 9.02. The Bertz CT molecular complexity index is 43.5. The van der Waals surface area contributed by atoms with E-state index in [0.717, 1.165) is 0 Å². The van der Waals surface area contributed by atoms with Crippen LogP contribution in [0, 0.1) is 4.91 Å². The van der Waals surface area contributed by atoms with Crippen LogP contribution in [0.25, 0.3) is 0 Å². The van der Waals surface area contributed by atoms with Gasteiger partial charge < -0.3 is 0 Å². The second-order valence-corrected chi connectivity index (χ2v) is 0.342. The van der Waals surface area contributed by atoms with Crippen LogP contribution >= 0.6 is 0 Å². The van der Waals surface area contributed by atoms with Crippen molar-refractivity contribution in [2.24, 2.45) is 5.34 Å². The molecular weight excluding hydrogens is 90.0 g/mol. The van der Waals surface area contributed by atoms with E-state index in [-0.39, 0.29) is 6.47 Å². The van der Waals surface area contributed by atoms with Crippen molar-refractivity contribution >= 4 is 6.47 Å². The first-order chi connectivity index (χ1) is 2.91. The van der Waals surface area contributed by atoms with Gasteiger partial charge in [-0.25, -0.2) is 4.89 Å². The van der Waals surface area contributed by atoms with Crippen molar-refractivity contribution in [3.63, 3.8) is 0 Å². The molecule has 0 amide bonds. The van der Waals surface area contributed by atoms with Crippen LogP contribution < -0.4 is 0 Å². The Balaban J connectivity index is 2.66. The van der Waals surface area contributed by atoms with E-state index in [1.54, 1.807) is 5.34 Å². The van der Waals surface area contributed by atoms with Gasteiger partial charge in [0, 0.05) is 0 Å². The van der Waals surface area contributed by atoms with Gasteiger partial charge in [-0.3, -0.25) is 4.79 Å². The van der Waals surface area contributed by atoms with Crippen molar-refractivity contribution in [3.05, 3.63) is 4.91 Å². The summed E-state index contributed by atoms with van der Waals surface area (Å²) in [6.45, 7) is -0.0542. The first kappa shape index (κ1) is 4.87. The third kappa shape index (κ3) is 2.87. The Labute approximate surface area is 32.7 Å². The van der Waals surface area contributed by atoms with E-state index in [2.05, 4.69) is 9.88 Å². The van der Waals surface area contributed by atoms with Gasteiger partial charge >= 0.3 is 6.47 Å². The predicted octanol–water partition coefficient (Wildman–Crippen LogP) is -0.228. The van der Waals surface area contributed by atoms with Crippen molar-refractivity contribution in [1.82, 2.24) is 0 Å². The molecule has 0 spiro atoms. The minimum Gasteiger partial charge on any atom is -0.251 e. The summed E-state index contributed by atoms with van der Waals surface area (Å²) in [6.07, 6.45) is 0. The molecule has 0 aromatic rings. The largest absolute Gasteiger partial charge is 0.346 e. The highest BCUT2D eigenvalue weighted by Gasteiger charge is 1.70. The SMILES string of the molecule is O=COON=O. The molecular formula is CHNO4. The molecule has 0 heterocycles. The third-order valence-electron chi connectivity index (χ3n) is 0.113. The van der Waals surface area contributed by atoms with Gasteiger partial charge in [-0.05, 0) is 0 Å².